The van der Waals surface area contributed by atoms with Gasteiger partial charge in [0.25, 0.3) is 0 Å². The Morgan fingerprint density at radius 1 is 1.38 bits per heavy atom. The Balaban J connectivity index is 2.16. The first-order valence-electron chi connectivity index (χ1n) is 7.59. The topological polar surface area (TPSA) is 46.5 Å². The fraction of sp³-hybridized carbons (Fsp3) is 0.588. The molecule has 0 atom stereocenters. The van der Waals surface area contributed by atoms with E-state index in [-0.39, 0.29) is 6.10 Å². The summed E-state index contributed by atoms with van der Waals surface area (Å²) in [6.45, 7) is 6.59. The second kappa shape index (κ2) is 6.73. The van der Waals surface area contributed by atoms with Crippen LogP contribution in [0, 0.1) is 5.41 Å². The highest BCUT2D eigenvalue weighted by molar-refractivity contribution is 7.99. The Morgan fingerprint density at radius 2 is 2.05 bits per heavy atom. The minimum atomic E-state index is -0.905. The third kappa shape index (κ3) is 4.16. The lowest BCUT2D eigenvalue weighted by atomic mass is 9.76. The molecule has 21 heavy (non-hydrogen) atoms. The van der Waals surface area contributed by atoms with Crippen LogP contribution < -0.4 is 4.74 Å². The zero-order valence-corrected chi connectivity index (χ0v) is 13.8. The monoisotopic (exact) mass is 308 g/mol. The predicted molar refractivity (Wildman–Crippen MR) is 86.5 cm³/mol. The van der Waals surface area contributed by atoms with E-state index in [2.05, 4.69) is 13.8 Å². The van der Waals surface area contributed by atoms with Gasteiger partial charge in [0.2, 0.25) is 0 Å². The third-order valence-electron chi connectivity index (χ3n) is 4.08. The molecule has 1 aromatic carbocycles. The first-order chi connectivity index (χ1) is 9.93. The highest BCUT2D eigenvalue weighted by atomic mass is 32.2. The summed E-state index contributed by atoms with van der Waals surface area (Å²) in [7, 11) is 0. The molecule has 0 saturated heterocycles. The molecule has 1 aromatic rings. The van der Waals surface area contributed by atoms with Crippen molar-refractivity contribution in [2.75, 3.05) is 5.75 Å². The van der Waals surface area contributed by atoms with Crippen LogP contribution in [-0.4, -0.2) is 22.9 Å². The average Bonchev–Trinajstić information content (AvgIpc) is 2.41. The maximum absolute atomic E-state index is 11.6. The minimum absolute atomic E-state index is 0.137. The molecule has 0 bridgehead atoms. The van der Waals surface area contributed by atoms with Gasteiger partial charge < -0.3 is 9.84 Å². The number of carboxylic acid groups (broad SMARTS) is 1. The van der Waals surface area contributed by atoms with Gasteiger partial charge in [-0.2, -0.15) is 0 Å². The van der Waals surface area contributed by atoms with E-state index in [1.807, 2.05) is 19.1 Å². The summed E-state index contributed by atoms with van der Waals surface area (Å²) in [6.07, 6.45) is 4.39. The number of hydrogen-bond acceptors (Lipinski definition) is 3. The molecule has 0 radical (unpaired) electrons. The largest absolute Gasteiger partial charge is 0.489 e. The van der Waals surface area contributed by atoms with Crippen molar-refractivity contribution in [3.63, 3.8) is 0 Å². The summed E-state index contributed by atoms with van der Waals surface area (Å²) in [5.74, 6) is 0.463. The molecule has 1 aliphatic carbocycles. The van der Waals surface area contributed by atoms with Gasteiger partial charge in [0.1, 0.15) is 11.3 Å². The van der Waals surface area contributed by atoms with Crippen LogP contribution in [0.25, 0.3) is 0 Å². The van der Waals surface area contributed by atoms with Crippen molar-refractivity contribution in [3.05, 3.63) is 23.8 Å². The van der Waals surface area contributed by atoms with Crippen LogP contribution in [0.4, 0.5) is 0 Å². The number of aromatic carboxylic acids is 1. The van der Waals surface area contributed by atoms with E-state index in [0.29, 0.717) is 16.7 Å². The van der Waals surface area contributed by atoms with Gasteiger partial charge in [-0.25, -0.2) is 4.79 Å². The highest BCUT2D eigenvalue weighted by Gasteiger charge is 2.29. The third-order valence-corrected chi connectivity index (χ3v) is 5.02. The Hall–Kier alpha value is -1.16. The maximum Gasteiger partial charge on any atom is 0.340 e. The molecular formula is C17H24O3S. The molecule has 0 aliphatic heterocycles. The zero-order chi connectivity index (χ0) is 15.5. The van der Waals surface area contributed by atoms with Gasteiger partial charge in [0, 0.05) is 4.90 Å². The van der Waals surface area contributed by atoms with Crippen LogP contribution in [0.5, 0.6) is 5.75 Å². The van der Waals surface area contributed by atoms with E-state index >= 15 is 0 Å². The van der Waals surface area contributed by atoms with Gasteiger partial charge in [-0.05, 0) is 49.0 Å². The normalized spacial score (nSPS) is 18.4. The predicted octanol–water partition coefficient (Wildman–Crippen LogP) is 4.84. The van der Waals surface area contributed by atoms with E-state index < -0.39 is 5.97 Å². The molecule has 116 valence electrons. The van der Waals surface area contributed by atoms with Gasteiger partial charge in [-0.15, -0.1) is 11.8 Å². The van der Waals surface area contributed by atoms with E-state index in [9.17, 15) is 9.90 Å². The molecule has 1 N–H and O–H groups in total. The van der Waals surface area contributed by atoms with Crippen LogP contribution in [0.3, 0.4) is 0 Å². The van der Waals surface area contributed by atoms with E-state index in [4.69, 9.17) is 4.74 Å². The van der Waals surface area contributed by atoms with Crippen molar-refractivity contribution in [3.8, 4) is 5.75 Å². The molecule has 2 rings (SSSR count). The lowest BCUT2D eigenvalue weighted by Crippen LogP contribution is -2.28. The smallest absolute Gasteiger partial charge is 0.340 e. The van der Waals surface area contributed by atoms with Crippen molar-refractivity contribution in [2.45, 2.75) is 57.5 Å². The van der Waals surface area contributed by atoms with Crippen molar-refractivity contribution in [1.82, 2.24) is 0 Å². The molecule has 1 fully saturated rings. The Labute approximate surface area is 131 Å². The SMILES string of the molecule is CCSc1cccc(OC2CCC(C)(C)CC2)c1C(=O)O. The van der Waals surface area contributed by atoms with E-state index in [0.717, 1.165) is 36.3 Å². The number of ether oxygens (including phenoxy) is 1. The number of hydrogen-bond donors (Lipinski definition) is 1. The van der Waals surface area contributed by atoms with E-state index in [1.54, 1.807) is 17.8 Å². The molecule has 0 heterocycles. The highest BCUT2D eigenvalue weighted by Crippen LogP contribution is 2.38. The standard InChI is InChI=1S/C17H24O3S/c1-4-21-14-7-5-6-13(15(14)16(18)19)20-12-8-10-17(2,3)11-9-12/h5-7,12H,4,8-11H2,1-3H3,(H,18,19). The zero-order valence-electron chi connectivity index (χ0n) is 13.0. The number of benzene rings is 1. The van der Waals surface area contributed by atoms with Crippen LogP contribution >= 0.6 is 11.8 Å². The molecular weight excluding hydrogens is 284 g/mol. The second-order valence-corrected chi connectivity index (χ2v) is 7.65. The summed E-state index contributed by atoms with van der Waals surface area (Å²) in [6, 6.07) is 5.52. The van der Waals surface area contributed by atoms with Crippen molar-refractivity contribution in [1.29, 1.82) is 0 Å². The van der Waals surface area contributed by atoms with Gasteiger partial charge in [-0.1, -0.05) is 26.8 Å². The molecule has 1 saturated carbocycles. The van der Waals surface area contributed by atoms with Crippen LogP contribution in [0.15, 0.2) is 23.1 Å². The summed E-state index contributed by atoms with van der Waals surface area (Å²) < 4.78 is 6.03. The van der Waals surface area contributed by atoms with Crippen molar-refractivity contribution < 1.29 is 14.6 Å². The Kier molecular flexibility index (Phi) is 5.20. The van der Waals surface area contributed by atoms with Gasteiger partial charge in [-0.3, -0.25) is 0 Å². The van der Waals surface area contributed by atoms with Crippen molar-refractivity contribution >= 4 is 17.7 Å². The summed E-state index contributed by atoms with van der Waals surface area (Å²) in [4.78, 5) is 12.4. The van der Waals surface area contributed by atoms with Crippen molar-refractivity contribution in [2.24, 2.45) is 5.41 Å². The molecule has 3 nitrogen and oxygen atoms in total. The Bertz CT molecular complexity index is 501. The number of carbonyl (C=O) groups is 1. The second-order valence-electron chi connectivity index (χ2n) is 6.35. The van der Waals surface area contributed by atoms with Gasteiger partial charge in [0.15, 0.2) is 0 Å². The Morgan fingerprint density at radius 3 is 2.62 bits per heavy atom. The summed E-state index contributed by atoms with van der Waals surface area (Å²) >= 11 is 1.55. The fourth-order valence-electron chi connectivity index (χ4n) is 2.77. The molecule has 1 aliphatic rings. The molecule has 0 spiro atoms. The first-order valence-corrected chi connectivity index (χ1v) is 8.57. The van der Waals surface area contributed by atoms with Gasteiger partial charge in [0.05, 0.1) is 6.10 Å². The molecule has 0 unspecified atom stereocenters. The van der Waals surface area contributed by atoms with Crippen LogP contribution in [0.2, 0.25) is 0 Å². The number of thioether (sulfide) groups is 1. The average molecular weight is 308 g/mol. The summed E-state index contributed by atoms with van der Waals surface area (Å²) in [5, 5.41) is 9.49. The maximum atomic E-state index is 11.6. The first kappa shape index (κ1) is 16.2. The number of carboxylic acids is 1. The lowest BCUT2D eigenvalue weighted by molar-refractivity contribution is 0.0669. The quantitative estimate of drug-likeness (QED) is 0.790. The van der Waals surface area contributed by atoms with Crippen LogP contribution in [-0.2, 0) is 0 Å². The minimum Gasteiger partial charge on any atom is -0.489 e. The lowest BCUT2D eigenvalue weighted by Gasteiger charge is -2.34. The summed E-state index contributed by atoms with van der Waals surface area (Å²) in [5.41, 5.74) is 0.698. The number of rotatable bonds is 5. The molecule has 4 heteroatoms. The van der Waals surface area contributed by atoms with E-state index in [1.165, 1.54) is 0 Å². The van der Waals surface area contributed by atoms with Gasteiger partial charge >= 0.3 is 5.97 Å². The molecule has 0 aromatic heterocycles. The van der Waals surface area contributed by atoms with Crippen LogP contribution in [0.1, 0.15) is 56.8 Å². The fourth-order valence-corrected chi connectivity index (χ4v) is 3.58. The molecule has 0 amide bonds.